The summed E-state index contributed by atoms with van der Waals surface area (Å²) in [4.78, 5) is 28.6. The van der Waals surface area contributed by atoms with E-state index in [9.17, 15) is 4.79 Å². The molecule has 2 N–H and O–H groups in total. The third kappa shape index (κ3) is 4.16. The van der Waals surface area contributed by atoms with Crippen LogP contribution in [0.5, 0.6) is 11.8 Å². The fourth-order valence-corrected chi connectivity index (χ4v) is 4.20. The smallest absolute Gasteiger partial charge is 0.316 e. The second kappa shape index (κ2) is 8.96. The summed E-state index contributed by atoms with van der Waals surface area (Å²) < 4.78 is 10.6. The number of methoxy groups -OCH3 is 2. The van der Waals surface area contributed by atoms with Crippen molar-refractivity contribution in [3.05, 3.63) is 41.9 Å². The van der Waals surface area contributed by atoms with Crippen molar-refractivity contribution in [3.8, 4) is 11.8 Å². The summed E-state index contributed by atoms with van der Waals surface area (Å²) in [5.41, 5.74) is 3.35. The third-order valence-corrected chi connectivity index (χ3v) is 5.67. The number of amides is 1. The van der Waals surface area contributed by atoms with Crippen molar-refractivity contribution < 1.29 is 14.3 Å². The SMILES string of the molecule is COc1ncc2c(N3C[C@@H](C)N[C@@H](C)C3)ccc(C(=O)Nc3cncc(OC)c3C)c2n1. The highest BCUT2D eigenvalue weighted by Gasteiger charge is 2.25. The molecule has 3 aromatic rings. The number of piperazine rings is 1. The summed E-state index contributed by atoms with van der Waals surface area (Å²) in [6.07, 6.45) is 4.94. The van der Waals surface area contributed by atoms with E-state index in [2.05, 4.69) is 44.3 Å². The summed E-state index contributed by atoms with van der Waals surface area (Å²) in [7, 11) is 3.08. The van der Waals surface area contributed by atoms with Crippen molar-refractivity contribution in [2.24, 2.45) is 0 Å². The molecule has 2 atom stereocenters. The number of nitrogens with zero attached hydrogens (tertiary/aromatic N) is 4. The summed E-state index contributed by atoms with van der Waals surface area (Å²) in [6.45, 7) is 7.90. The van der Waals surface area contributed by atoms with Gasteiger partial charge in [-0.05, 0) is 32.9 Å². The van der Waals surface area contributed by atoms with Gasteiger partial charge in [-0.3, -0.25) is 9.78 Å². The van der Waals surface area contributed by atoms with Crippen LogP contribution in [0, 0.1) is 6.92 Å². The number of aromatic nitrogens is 3. The number of anilines is 2. The normalized spacial score (nSPS) is 18.5. The van der Waals surface area contributed by atoms with Crippen LogP contribution in [0.15, 0.2) is 30.7 Å². The van der Waals surface area contributed by atoms with Crippen LogP contribution in [0.2, 0.25) is 0 Å². The van der Waals surface area contributed by atoms with E-state index in [4.69, 9.17) is 9.47 Å². The van der Waals surface area contributed by atoms with Gasteiger partial charge in [0.25, 0.3) is 5.91 Å². The molecule has 9 heteroatoms. The number of pyridine rings is 1. The van der Waals surface area contributed by atoms with Crippen LogP contribution in [-0.4, -0.2) is 60.3 Å². The monoisotopic (exact) mass is 436 g/mol. The molecular weight excluding hydrogens is 408 g/mol. The number of carbonyl (C=O) groups is 1. The van der Waals surface area contributed by atoms with Gasteiger partial charge in [-0.1, -0.05) is 0 Å². The molecule has 4 rings (SSSR count). The van der Waals surface area contributed by atoms with E-state index >= 15 is 0 Å². The van der Waals surface area contributed by atoms with Crippen LogP contribution in [0.3, 0.4) is 0 Å². The summed E-state index contributed by atoms with van der Waals surface area (Å²) in [5, 5.41) is 7.29. The minimum atomic E-state index is -0.289. The maximum Gasteiger partial charge on any atom is 0.316 e. The minimum Gasteiger partial charge on any atom is -0.495 e. The number of carbonyl (C=O) groups excluding carboxylic acids is 1. The molecule has 1 amide bonds. The van der Waals surface area contributed by atoms with Crippen molar-refractivity contribution in [1.29, 1.82) is 0 Å². The van der Waals surface area contributed by atoms with E-state index in [0.29, 0.717) is 34.6 Å². The Labute approximate surface area is 187 Å². The Bertz CT molecular complexity index is 1140. The second-order valence-electron chi connectivity index (χ2n) is 8.09. The van der Waals surface area contributed by atoms with Crippen molar-refractivity contribution in [3.63, 3.8) is 0 Å². The van der Waals surface area contributed by atoms with Gasteiger partial charge in [-0.2, -0.15) is 4.98 Å². The lowest BCUT2D eigenvalue weighted by atomic mass is 10.0. The number of nitrogens with one attached hydrogen (secondary N) is 2. The fourth-order valence-electron chi connectivity index (χ4n) is 4.20. The van der Waals surface area contributed by atoms with Crippen LogP contribution < -0.4 is 25.0 Å². The van der Waals surface area contributed by atoms with Gasteiger partial charge in [-0.25, -0.2) is 4.98 Å². The predicted octanol–water partition coefficient (Wildman–Crippen LogP) is 2.79. The molecule has 3 heterocycles. The molecule has 1 aliphatic rings. The molecule has 0 bridgehead atoms. The molecule has 0 unspecified atom stereocenters. The molecule has 32 heavy (non-hydrogen) atoms. The Hall–Kier alpha value is -3.46. The van der Waals surface area contributed by atoms with Gasteiger partial charge in [0.15, 0.2) is 0 Å². The maximum absolute atomic E-state index is 13.3. The van der Waals surface area contributed by atoms with E-state index in [1.54, 1.807) is 31.8 Å². The molecule has 2 aromatic heterocycles. The minimum absolute atomic E-state index is 0.213. The molecule has 0 spiro atoms. The van der Waals surface area contributed by atoms with Crippen molar-refractivity contribution >= 4 is 28.2 Å². The largest absolute Gasteiger partial charge is 0.495 e. The lowest BCUT2D eigenvalue weighted by Crippen LogP contribution is -2.54. The van der Waals surface area contributed by atoms with E-state index in [-0.39, 0.29) is 11.9 Å². The third-order valence-electron chi connectivity index (χ3n) is 5.67. The Morgan fingerprint density at radius 3 is 2.56 bits per heavy atom. The number of hydrogen-bond acceptors (Lipinski definition) is 8. The van der Waals surface area contributed by atoms with E-state index < -0.39 is 0 Å². The summed E-state index contributed by atoms with van der Waals surface area (Å²) >= 11 is 0. The Morgan fingerprint density at radius 1 is 1.12 bits per heavy atom. The Kier molecular flexibility index (Phi) is 6.09. The van der Waals surface area contributed by atoms with E-state index in [1.807, 2.05) is 13.0 Å². The van der Waals surface area contributed by atoms with Crippen LogP contribution in [0.4, 0.5) is 11.4 Å². The molecule has 1 aliphatic heterocycles. The Morgan fingerprint density at radius 2 is 1.88 bits per heavy atom. The molecule has 1 fully saturated rings. The number of benzene rings is 1. The Balaban J connectivity index is 1.76. The van der Waals surface area contributed by atoms with Gasteiger partial charge in [0.2, 0.25) is 0 Å². The maximum atomic E-state index is 13.3. The van der Waals surface area contributed by atoms with Crippen LogP contribution in [-0.2, 0) is 0 Å². The highest BCUT2D eigenvalue weighted by atomic mass is 16.5. The molecule has 168 valence electrons. The molecule has 0 aliphatic carbocycles. The molecule has 0 saturated carbocycles. The van der Waals surface area contributed by atoms with Crippen LogP contribution >= 0.6 is 0 Å². The topological polar surface area (TPSA) is 102 Å². The average molecular weight is 437 g/mol. The first-order chi connectivity index (χ1) is 15.4. The molecule has 0 radical (unpaired) electrons. The van der Waals surface area contributed by atoms with Crippen LogP contribution in [0.25, 0.3) is 10.9 Å². The lowest BCUT2D eigenvalue weighted by molar-refractivity contribution is 0.102. The number of ether oxygens (including phenoxy) is 2. The summed E-state index contributed by atoms with van der Waals surface area (Å²) in [5.74, 6) is 0.316. The van der Waals surface area contributed by atoms with E-state index in [1.165, 1.54) is 7.11 Å². The van der Waals surface area contributed by atoms with Gasteiger partial charge in [0.05, 0.1) is 43.4 Å². The lowest BCUT2D eigenvalue weighted by Gasteiger charge is -2.38. The standard InChI is InChI=1S/C23H28N6O3/c1-13-11-29(12-14(2)26-13)19-7-6-16(21-17(19)8-25-23(28-21)32-5)22(30)27-18-9-24-10-20(31-4)15(18)3/h6-10,13-14,26H,11-12H2,1-5H3,(H,27,30)/t13-,14+. The first-order valence-electron chi connectivity index (χ1n) is 10.6. The fraction of sp³-hybridized carbons (Fsp3) is 0.391. The van der Waals surface area contributed by atoms with Gasteiger partial charge < -0.3 is 25.0 Å². The number of fused-ring (bicyclic) bond motifs is 1. The van der Waals surface area contributed by atoms with Crippen molar-refractivity contribution in [1.82, 2.24) is 20.3 Å². The summed E-state index contributed by atoms with van der Waals surface area (Å²) in [6, 6.07) is 4.68. The highest BCUT2D eigenvalue weighted by molar-refractivity contribution is 6.14. The molecule has 9 nitrogen and oxygen atoms in total. The van der Waals surface area contributed by atoms with Crippen LogP contribution in [0.1, 0.15) is 29.8 Å². The van der Waals surface area contributed by atoms with Crippen molar-refractivity contribution in [2.75, 3.05) is 37.5 Å². The van der Waals surface area contributed by atoms with Gasteiger partial charge in [0, 0.05) is 48.0 Å². The number of hydrogen-bond donors (Lipinski definition) is 2. The zero-order valence-corrected chi connectivity index (χ0v) is 19.0. The molecule has 1 aromatic carbocycles. The van der Waals surface area contributed by atoms with Gasteiger partial charge in [0.1, 0.15) is 5.75 Å². The predicted molar refractivity (Wildman–Crippen MR) is 124 cm³/mol. The first-order valence-corrected chi connectivity index (χ1v) is 10.6. The average Bonchev–Trinajstić information content (AvgIpc) is 2.78. The molecular formula is C23H28N6O3. The highest BCUT2D eigenvalue weighted by Crippen LogP contribution is 2.31. The van der Waals surface area contributed by atoms with Gasteiger partial charge >= 0.3 is 6.01 Å². The second-order valence-corrected chi connectivity index (χ2v) is 8.09. The molecule has 1 saturated heterocycles. The first kappa shape index (κ1) is 21.8. The number of rotatable bonds is 5. The van der Waals surface area contributed by atoms with Gasteiger partial charge in [-0.15, -0.1) is 0 Å². The quantitative estimate of drug-likeness (QED) is 0.630. The zero-order valence-electron chi connectivity index (χ0n) is 19.0. The zero-order chi connectivity index (χ0) is 22.8. The van der Waals surface area contributed by atoms with E-state index in [0.717, 1.165) is 29.7 Å². The van der Waals surface area contributed by atoms with Crippen molar-refractivity contribution in [2.45, 2.75) is 32.9 Å².